The average Bonchev–Trinajstić information content (AvgIpc) is 2.41. The first-order valence-electron chi connectivity index (χ1n) is 5.54. The number of nitrogens with two attached hydrogens (primary N) is 1. The second kappa shape index (κ2) is 5.58. The molecule has 0 aliphatic carbocycles. The van der Waals surface area contributed by atoms with Crippen LogP contribution in [-0.2, 0) is 0 Å². The van der Waals surface area contributed by atoms with Crippen LogP contribution in [0, 0.1) is 0 Å². The SMILES string of the molecule is NC(=O)c1cccc(Nc2ccc(Cl)c(C(=O)O)n2)c1. The number of carboxylic acids is 1. The van der Waals surface area contributed by atoms with Crippen molar-refractivity contribution in [2.45, 2.75) is 0 Å². The van der Waals surface area contributed by atoms with Gasteiger partial charge < -0.3 is 16.2 Å². The van der Waals surface area contributed by atoms with Crippen LogP contribution < -0.4 is 11.1 Å². The number of nitrogens with one attached hydrogen (secondary N) is 1. The molecular formula is C13H10ClN3O3. The molecule has 0 saturated heterocycles. The Morgan fingerprint density at radius 2 is 2.00 bits per heavy atom. The van der Waals surface area contributed by atoms with Crippen molar-refractivity contribution in [2.24, 2.45) is 5.73 Å². The van der Waals surface area contributed by atoms with Crippen molar-refractivity contribution < 1.29 is 14.7 Å². The van der Waals surface area contributed by atoms with Crippen molar-refractivity contribution in [3.05, 3.63) is 52.7 Å². The lowest BCUT2D eigenvalue weighted by Gasteiger charge is -2.08. The maximum absolute atomic E-state index is 11.1. The van der Waals surface area contributed by atoms with E-state index in [9.17, 15) is 9.59 Å². The van der Waals surface area contributed by atoms with Crippen molar-refractivity contribution >= 4 is 35.0 Å². The molecule has 1 aromatic carbocycles. The Morgan fingerprint density at radius 1 is 1.25 bits per heavy atom. The lowest BCUT2D eigenvalue weighted by Crippen LogP contribution is -2.11. The first-order valence-corrected chi connectivity index (χ1v) is 5.92. The average molecular weight is 292 g/mol. The van der Waals surface area contributed by atoms with Gasteiger partial charge in [-0.2, -0.15) is 0 Å². The molecule has 4 N–H and O–H groups in total. The number of primary amides is 1. The number of pyridine rings is 1. The summed E-state index contributed by atoms with van der Waals surface area (Å²) in [6, 6.07) is 9.42. The number of anilines is 2. The van der Waals surface area contributed by atoms with E-state index < -0.39 is 11.9 Å². The van der Waals surface area contributed by atoms with Gasteiger partial charge in [0.15, 0.2) is 5.69 Å². The number of amides is 1. The quantitative estimate of drug-likeness (QED) is 0.801. The summed E-state index contributed by atoms with van der Waals surface area (Å²) >= 11 is 5.73. The van der Waals surface area contributed by atoms with Crippen LogP contribution in [0.2, 0.25) is 5.02 Å². The van der Waals surface area contributed by atoms with Gasteiger partial charge in [-0.05, 0) is 30.3 Å². The number of aromatic carboxylic acids is 1. The first kappa shape index (κ1) is 13.8. The minimum Gasteiger partial charge on any atom is -0.476 e. The number of hydrogen-bond donors (Lipinski definition) is 3. The van der Waals surface area contributed by atoms with E-state index in [1.54, 1.807) is 24.3 Å². The van der Waals surface area contributed by atoms with Gasteiger partial charge >= 0.3 is 5.97 Å². The van der Waals surface area contributed by atoms with Gasteiger partial charge in [0, 0.05) is 11.3 Å². The molecule has 0 aliphatic heterocycles. The van der Waals surface area contributed by atoms with Gasteiger partial charge in [0.2, 0.25) is 5.91 Å². The normalized spacial score (nSPS) is 10.1. The Hall–Kier alpha value is -2.60. The van der Waals surface area contributed by atoms with E-state index >= 15 is 0 Å². The number of carbonyl (C=O) groups is 2. The lowest BCUT2D eigenvalue weighted by molar-refractivity contribution is 0.0690. The molecule has 1 aromatic heterocycles. The molecule has 0 bridgehead atoms. The molecule has 0 aliphatic rings. The van der Waals surface area contributed by atoms with Gasteiger partial charge in [0.1, 0.15) is 5.82 Å². The molecule has 102 valence electrons. The van der Waals surface area contributed by atoms with Crippen LogP contribution in [0.15, 0.2) is 36.4 Å². The molecule has 1 heterocycles. The van der Waals surface area contributed by atoms with Crippen LogP contribution in [0.5, 0.6) is 0 Å². The summed E-state index contributed by atoms with van der Waals surface area (Å²) < 4.78 is 0. The summed E-state index contributed by atoms with van der Waals surface area (Å²) in [7, 11) is 0. The molecule has 0 fully saturated rings. The zero-order valence-electron chi connectivity index (χ0n) is 10.1. The molecule has 2 rings (SSSR count). The fraction of sp³-hybridized carbons (Fsp3) is 0. The molecule has 0 atom stereocenters. The molecule has 0 radical (unpaired) electrons. The van der Waals surface area contributed by atoms with Crippen LogP contribution in [-0.4, -0.2) is 22.0 Å². The minimum atomic E-state index is -1.22. The van der Waals surface area contributed by atoms with Gasteiger partial charge in [-0.15, -0.1) is 0 Å². The summed E-state index contributed by atoms with van der Waals surface area (Å²) in [5.41, 5.74) is 5.83. The monoisotopic (exact) mass is 291 g/mol. The van der Waals surface area contributed by atoms with Crippen molar-refractivity contribution in [1.29, 1.82) is 0 Å². The number of halogens is 1. The molecule has 6 nitrogen and oxygen atoms in total. The Kier molecular flexibility index (Phi) is 3.86. The predicted octanol–water partition coefficient (Wildman–Crippen LogP) is 2.28. The lowest BCUT2D eigenvalue weighted by atomic mass is 10.2. The minimum absolute atomic E-state index is 0.0499. The number of carbonyl (C=O) groups excluding carboxylic acids is 1. The summed E-state index contributed by atoms with van der Waals surface area (Å²) in [6.07, 6.45) is 0. The van der Waals surface area contributed by atoms with E-state index in [1.807, 2.05) is 0 Å². The first-order chi connectivity index (χ1) is 9.47. The standard InChI is InChI=1S/C13H10ClN3O3/c14-9-4-5-10(17-11(9)13(19)20)16-8-3-1-2-7(6-8)12(15)18/h1-6H,(H2,15,18)(H,16,17)(H,19,20). The highest BCUT2D eigenvalue weighted by molar-refractivity contribution is 6.33. The van der Waals surface area contributed by atoms with Crippen LogP contribution in [0.3, 0.4) is 0 Å². The molecule has 7 heteroatoms. The van der Waals surface area contributed by atoms with Gasteiger partial charge in [-0.1, -0.05) is 17.7 Å². The smallest absolute Gasteiger partial charge is 0.356 e. The number of carboxylic acid groups (broad SMARTS) is 1. The van der Waals surface area contributed by atoms with Crippen molar-refractivity contribution in [1.82, 2.24) is 4.98 Å². The highest BCUT2D eigenvalue weighted by Crippen LogP contribution is 2.20. The third kappa shape index (κ3) is 3.04. The topological polar surface area (TPSA) is 105 Å². The molecule has 0 spiro atoms. The van der Waals surface area contributed by atoms with E-state index in [4.69, 9.17) is 22.4 Å². The largest absolute Gasteiger partial charge is 0.476 e. The highest BCUT2D eigenvalue weighted by atomic mass is 35.5. The van der Waals surface area contributed by atoms with E-state index in [2.05, 4.69) is 10.3 Å². The van der Waals surface area contributed by atoms with E-state index in [0.29, 0.717) is 17.1 Å². The van der Waals surface area contributed by atoms with Crippen LogP contribution in [0.1, 0.15) is 20.8 Å². The third-order valence-corrected chi connectivity index (χ3v) is 2.77. The van der Waals surface area contributed by atoms with Crippen molar-refractivity contribution in [3.63, 3.8) is 0 Å². The number of rotatable bonds is 4. The van der Waals surface area contributed by atoms with E-state index in [1.165, 1.54) is 12.1 Å². The summed E-state index contributed by atoms with van der Waals surface area (Å²) in [5.74, 6) is -1.47. The second-order valence-corrected chi connectivity index (χ2v) is 4.31. The Morgan fingerprint density at radius 3 is 2.65 bits per heavy atom. The van der Waals surface area contributed by atoms with Gasteiger partial charge in [-0.3, -0.25) is 4.79 Å². The summed E-state index contributed by atoms with van der Waals surface area (Å²) in [5, 5.41) is 11.9. The highest BCUT2D eigenvalue weighted by Gasteiger charge is 2.11. The third-order valence-electron chi connectivity index (χ3n) is 2.47. The number of nitrogens with zero attached hydrogens (tertiary/aromatic N) is 1. The predicted molar refractivity (Wildman–Crippen MR) is 74.4 cm³/mol. The van der Waals surface area contributed by atoms with E-state index in [0.717, 1.165) is 0 Å². The number of hydrogen-bond acceptors (Lipinski definition) is 4. The fourth-order valence-electron chi connectivity index (χ4n) is 1.56. The zero-order chi connectivity index (χ0) is 14.7. The zero-order valence-corrected chi connectivity index (χ0v) is 10.9. The van der Waals surface area contributed by atoms with Gasteiger partial charge in [-0.25, -0.2) is 9.78 Å². The number of benzene rings is 1. The number of aromatic nitrogens is 1. The van der Waals surface area contributed by atoms with Crippen molar-refractivity contribution in [2.75, 3.05) is 5.32 Å². The maximum Gasteiger partial charge on any atom is 0.356 e. The van der Waals surface area contributed by atoms with E-state index in [-0.39, 0.29) is 10.7 Å². The Labute approximate surface area is 119 Å². The molecule has 2 aromatic rings. The molecule has 0 unspecified atom stereocenters. The Balaban J connectivity index is 2.30. The summed E-state index contributed by atoms with van der Waals surface area (Å²) in [6.45, 7) is 0. The second-order valence-electron chi connectivity index (χ2n) is 3.90. The van der Waals surface area contributed by atoms with Crippen LogP contribution in [0.4, 0.5) is 11.5 Å². The Bertz CT molecular complexity index is 688. The fourth-order valence-corrected chi connectivity index (χ4v) is 1.75. The molecule has 0 saturated carbocycles. The van der Waals surface area contributed by atoms with Crippen molar-refractivity contribution in [3.8, 4) is 0 Å². The molecule has 20 heavy (non-hydrogen) atoms. The maximum atomic E-state index is 11.1. The summed E-state index contributed by atoms with van der Waals surface area (Å²) in [4.78, 5) is 25.9. The molecule has 1 amide bonds. The van der Waals surface area contributed by atoms with Crippen LogP contribution in [0.25, 0.3) is 0 Å². The van der Waals surface area contributed by atoms with Gasteiger partial charge in [0.05, 0.1) is 5.02 Å². The van der Waals surface area contributed by atoms with Crippen LogP contribution >= 0.6 is 11.6 Å². The van der Waals surface area contributed by atoms with Gasteiger partial charge in [0.25, 0.3) is 0 Å². The molecular weight excluding hydrogens is 282 g/mol.